The normalized spacial score (nSPS) is 10.8. The molecular weight excluding hydrogens is 214 g/mol. The summed E-state index contributed by atoms with van der Waals surface area (Å²) in [6.07, 6.45) is 1.83. The van der Waals surface area contributed by atoms with Crippen molar-refractivity contribution in [3.63, 3.8) is 0 Å². The summed E-state index contributed by atoms with van der Waals surface area (Å²) < 4.78 is 1.68. The highest BCUT2D eigenvalue weighted by Gasteiger charge is 2.11. The Kier molecular flexibility index (Phi) is 2.63. The van der Waals surface area contributed by atoms with Gasteiger partial charge in [0, 0.05) is 13.3 Å². The van der Waals surface area contributed by atoms with Crippen LogP contribution in [0.5, 0.6) is 0 Å². The van der Waals surface area contributed by atoms with E-state index in [0.29, 0.717) is 10.1 Å². The number of carbonyl (C=O) groups excluding carboxylic acids is 1. The molecule has 2 aromatic rings. The summed E-state index contributed by atoms with van der Waals surface area (Å²) in [5.41, 5.74) is 0. The Morgan fingerprint density at radius 3 is 3.00 bits per heavy atom. The second-order valence-corrected chi connectivity index (χ2v) is 4.10. The molecule has 0 saturated carbocycles. The van der Waals surface area contributed by atoms with Gasteiger partial charge in [-0.2, -0.15) is 4.52 Å². The lowest BCUT2D eigenvalue weighted by Crippen LogP contribution is -2.06. The molecule has 0 radical (unpaired) electrons. The third-order valence-corrected chi connectivity index (χ3v) is 2.63. The summed E-state index contributed by atoms with van der Waals surface area (Å²) in [6, 6.07) is 0. The smallest absolute Gasteiger partial charge is 0.236 e. The van der Waals surface area contributed by atoms with E-state index >= 15 is 0 Å². The maximum absolute atomic E-state index is 10.8. The molecule has 2 rings (SSSR count). The highest BCUT2D eigenvalue weighted by Crippen LogP contribution is 2.18. The van der Waals surface area contributed by atoms with Crippen LogP contribution in [-0.2, 0) is 11.2 Å². The molecule has 1 N–H and O–H groups in total. The number of aromatic nitrogens is 4. The molecule has 0 saturated heterocycles. The minimum Gasteiger partial charge on any atom is -0.301 e. The molecule has 0 aromatic carbocycles. The predicted octanol–water partition coefficient (Wildman–Crippen LogP) is 1.10. The van der Waals surface area contributed by atoms with Crippen molar-refractivity contribution in [2.75, 3.05) is 5.32 Å². The van der Waals surface area contributed by atoms with Crippen molar-refractivity contribution >= 4 is 27.3 Å². The molecule has 15 heavy (non-hydrogen) atoms. The quantitative estimate of drug-likeness (QED) is 0.848. The third kappa shape index (κ3) is 1.96. The van der Waals surface area contributed by atoms with E-state index in [1.807, 2.05) is 0 Å². The summed E-state index contributed by atoms with van der Waals surface area (Å²) >= 11 is 1.32. The molecular formula is C8H11N5OS. The van der Waals surface area contributed by atoms with Gasteiger partial charge in [-0.05, 0) is 6.42 Å². The standard InChI is InChI=1S/C8H11N5OS/c1-3-4-6-10-11-8-13(6)12-7(15-8)9-5(2)14/h3-4H2,1-2H3,(H,9,12,14). The maximum Gasteiger partial charge on any atom is 0.236 e. The first kappa shape index (κ1) is 10.0. The number of carbonyl (C=O) groups is 1. The molecule has 80 valence electrons. The van der Waals surface area contributed by atoms with E-state index < -0.39 is 0 Å². The van der Waals surface area contributed by atoms with Gasteiger partial charge in [0.1, 0.15) is 0 Å². The fourth-order valence-electron chi connectivity index (χ4n) is 1.24. The predicted molar refractivity (Wildman–Crippen MR) is 57.0 cm³/mol. The number of rotatable bonds is 3. The molecule has 0 aliphatic carbocycles. The Morgan fingerprint density at radius 2 is 2.33 bits per heavy atom. The van der Waals surface area contributed by atoms with E-state index in [-0.39, 0.29) is 5.91 Å². The average molecular weight is 225 g/mol. The van der Waals surface area contributed by atoms with Crippen molar-refractivity contribution in [2.45, 2.75) is 26.7 Å². The second-order valence-electron chi connectivity index (χ2n) is 3.15. The third-order valence-electron chi connectivity index (χ3n) is 1.81. The van der Waals surface area contributed by atoms with Crippen LogP contribution in [0.1, 0.15) is 26.1 Å². The second kappa shape index (κ2) is 3.93. The number of anilines is 1. The molecule has 0 fully saturated rings. The summed E-state index contributed by atoms with van der Waals surface area (Å²) in [5.74, 6) is 0.706. The van der Waals surface area contributed by atoms with Gasteiger partial charge in [0.05, 0.1) is 0 Å². The van der Waals surface area contributed by atoms with Gasteiger partial charge in [0.15, 0.2) is 5.82 Å². The van der Waals surface area contributed by atoms with Crippen LogP contribution in [0.4, 0.5) is 5.13 Å². The summed E-state index contributed by atoms with van der Waals surface area (Å²) in [5, 5.41) is 15.4. The van der Waals surface area contributed by atoms with Crippen molar-refractivity contribution in [3.8, 4) is 0 Å². The first-order valence-corrected chi connectivity index (χ1v) is 5.51. The first-order chi connectivity index (χ1) is 7.20. The van der Waals surface area contributed by atoms with Gasteiger partial charge in [-0.25, -0.2) is 0 Å². The topological polar surface area (TPSA) is 72.2 Å². The lowest BCUT2D eigenvalue weighted by Gasteiger charge is -1.93. The lowest BCUT2D eigenvalue weighted by atomic mass is 10.3. The first-order valence-electron chi connectivity index (χ1n) is 4.69. The molecule has 0 bridgehead atoms. The van der Waals surface area contributed by atoms with Crippen molar-refractivity contribution in [1.82, 2.24) is 19.8 Å². The number of aryl methyl sites for hydroxylation is 1. The van der Waals surface area contributed by atoms with Gasteiger partial charge in [0.2, 0.25) is 16.0 Å². The van der Waals surface area contributed by atoms with Gasteiger partial charge in [-0.3, -0.25) is 4.79 Å². The maximum atomic E-state index is 10.8. The number of hydrogen-bond donors (Lipinski definition) is 1. The number of amides is 1. The summed E-state index contributed by atoms with van der Waals surface area (Å²) in [4.78, 5) is 11.5. The monoisotopic (exact) mass is 225 g/mol. The highest BCUT2D eigenvalue weighted by atomic mass is 32.1. The number of fused-ring (bicyclic) bond motifs is 1. The van der Waals surface area contributed by atoms with Gasteiger partial charge in [-0.1, -0.05) is 18.3 Å². The van der Waals surface area contributed by atoms with Crippen molar-refractivity contribution < 1.29 is 4.79 Å². The number of nitrogens with one attached hydrogen (secondary N) is 1. The van der Waals surface area contributed by atoms with E-state index in [2.05, 4.69) is 27.5 Å². The lowest BCUT2D eigenvalue weighted by molar-refractivity contribution is -0.114. The Labute approximate surface area is 90.3 Å². The van der Waals surface area contributed by atoms with E-state index in [1.54, 1.807) is 4.52 Å². The van der Waals surface area contributed by atoms with E-state index in [0.717, 1.165) is 18.7 Å². The van der Waals surface area contributed by atoms with Gasteiger partial charge in [-0.15, -0.1) is 15.3 Å². The van der Waals surface area contributed by atoms with Gasteiger partial charge < -0.3 is 5.32 Å². The van der Waals surface area contributed by atoms with Crippen LogP contribution in [-0.4, -0.2) is 25.7 Å². The molecule has 0 aliphatic rings. The van der Waals surface area contributed by atoms with Gasteiger partial charge >= 0.3 is 0 Å². The zero-order chi connectivity index (χ0) is 10.8. The van der Waals surface area contributed by atoms with E-state index in [9.17, 15) is 4.79 Å². The van der Waals surface area contributed by atoms with Crippen LogP contribution in [0.25, 0.3) is 4.96 Å². The Morgan fingerprint density at radius 1 is 1.53 bits per heavy atom. The van der Waals surface area contributed by atoms with Crippen LogP contribution < -0.4 is 5.32 Å². The van der Waals surface area contributed by atoms with Crippen LogP contribution in [0.15, 0.2) is 0 Å². The van der Waals surface area contributed by atoms with E-state index in [4.69, 9.17) is 0 Å². The fourth-order valence-corrected chi connectivity index (χ4v) is 2.04. The zero-order valence-electron chi connectivity index (χ0n) is 8.52. The summed E-state index contributed by atoms with van der Waals surface area (Å²) in [6.45, 7) is 3.53. The van der Waals surface area contributed by atoms with Crippen LogP contribution in [0.2, 0.25) is 0 Å². The molecule has 6 nitrogen and oxygen atoms in total. The van der Waals surface area contributed by atoms with Crippen LogP contribution >= 0.6 is 11.3 Å². The molecule has 0 unspecified atom stereocenters. The minimum absolute atomic E-state index is 0.128. The van der Waals surface area contributed by atoms with Gasteiger partial charge in [0.25, 0.3) is 0 Å². The Balaban J connectivity index is 2.34. The molecule has 2 heterocycles. The van der Waals surface area contributed by atoms with E-state index in [1.165, 1.54) is 18.3 Å². The zero-order valence-corrected chi connectivity index (χ0v) is 9.34. The van der Waals surface area contributed by atoms with Crippen molar-refractivity contribution in [3.05, 3.63) is 5.82 Å². The summed E-state index contributed by atoms with van der Waals surface area (Å²) in [7, 11) is 0. The molecule has 1 amide bonds. The molecule has 0 atom stereocenters. The Bertz CT molecular complexity index is 488. The van der Waals surface area contributed by atoms with Crippen molar-refractivity contribution in [1.29, 1.82) is 0 Å². The molecule has 0 aliphatic heterocycles. The molecule has 0 spiro atoms. The fraction of sp³-hybridized carbons (Fsp3) is 0.500. The van der Waals surface area contributed by atoms with Crippen LogP contribution in [0.3, 0.4) is 0 Å². The SMILES string of the molecule is CCCc1nnc2sc(NC(C)=O)nn12. The largest absolute Gasteiger partial charge is 0.301 e. The average Bonchev–Trinajstić information content (AvgIpc) is 2.67. The number of hydrogen-bond acceptors (Lipinski definition) is 5. The van der Waals surface area contributed by atoms with Crippen LogP contribution in [0, 0.1) is 0 Å². The highest BCUT2D eigenvalue weighted by molar-refractivity contribution is 7.20. The molecule has 2 aromatic heterocycles. The van der Waals surface area contributed by atoms with Crippen molar-refractivity contribution in [2.24, 2.45) is 0 Å². The Hall–Kier alpha value is -1.50. The number of nitrogens with zero attached hydrogens (tertiary/aromatic N) is 4. The molecule has 7 heteroatoms. The minimum atomic E-state index is -0.128.